The van der Waals surface area contributed by atoms with Crippen molar-refractivity contribution in [2.75, 3.05) is 17.2 Å². The number of Topliss-reactive ketones (excluding diaryl/α,β-unsaturated/α-hetero) is 1. The van der Waals surface area contributed by atoms with Crippen LogP contribution in [-0.4, -0.2) is 48.7 Å². The first-order chi connectivity index (χ1) is 19.4. The van der Waals surface area contributed by atoms with E-state index >= 15 is 0 Å². The van der Waals surface area contributed by atoms with Crippen LogP contribution in [0.2, 0.25) is 0 Å². The second-order valence-corrected chi connectivity index (χ2v) is 11.4. The Bertz CT molecular complexity index is 1630. The molecule has 3 aromatic heterocycles. The maximum Gasteiger partial charge on any atom is 0.258 e. The van der Waals surface area contributed by atoms with Gasteiger partial charge in [0.2, 0.25) is 11.8 Å². The lowest BCUT2D eigenvalue weighted by molar-refractivity contribution is -0.124. The number of benzene rings is 1. The molecule has 10 heteroatoms. The largest absolute Gasteiger partial charge is 0.477 e. The van der Waals surface area contributed by atoms with Crippen molar-refractivity contribution in [1.82, 2.24) is 24.3 Å². The number of hydrogen-bond acceptors (Lipinski definition) is 7. The molecule has 2 aliphatic carbocycles. The average molecular weight is 540 g/mol. The lowest BCUT2D eigenvalue weighted by atomic mass is 9.91. The summed E-state index contributed by atoms with van der Waals surface area (Å²) in [5.74, 6) is 2.39. The molecule has 10 nitrogen and oxygen atoms in total. The van der Waals surface area contributed by atoms with Crippen molar-refractivity contribution in [3.05, 3.63) is 47.8 Å². The minimum Gasteiger partial charge on any atom is -0.477 e. The summed E-state index contributed by atoms with van der Waals surface area (Å²) in [7, 11) is 1.86. The van der Waals surface area contributed by atoms with Gasteiger partial charge < -0.3 is 14.6 Å². The first-order valence-corrected chi connectivity index (χ1v) is 14.1. The number of aryl methyl sites for hydroxylation is 2. The van der Waals surface area contributed by atoms with Gasteiger partial charge in [0.15, 0.2) is 0 Å². The molecule has 1 amide bonds. The van der Waals surface area contributed by atoms with Crippen LogP contribution in [-0.2, 0) is 18.4 Å². The Balaban J connectivity index is 1.28. The van der Waals surface area contributed by atoms with E-state index in [1.807, 2.05) is 26.1 Å². The Hall–Kier alpha value is -4.21. The van der Waals surface area contributed by atoms with Crippen LogP contribution in [0.3, 0.4) is 0 Å². The number of fused-ring (bicyclic) bond motifs is 7. The monoisotopic (exact) mass is 539 g/mol. The molecule has 2 fully saturated rings. The molecular formula is C30H33N7O3. The molecule has 0 unspecified atom stereocenters. The standard InChI is InChI=1S/C30H33N7O3/c1-17-10-20-11-25(32-17)24-15-31-36(2)29(24)40-9-3-4-19(18-5-6-18)16-37-27-8-7-21(33-22-12-23(38)13-22)14-26(27)34-30(37)35-28(20)39/h7-8,10-11,14-15,18-19,22,33H,3-6,9,12-13,16H2,1-2H3,(H,34,35,39)/t19-/m1/s1. The molecule has 40 heavy (non-hydrogen) atoms. The fourth-order valence-electron chi connectivity index (χ4n) is 6.00. The number of rotatable bonds is 3. The number of carbonyl (C=O) groups is 2. The van der Waals surface area contributed by atoms with Gasteiger partial charge in [-0.25, -0.2) is 9.67 Å². The highest BCUT2D eigenvalue weighted by Gasteiger charge is 2.32. The molecule has 0 spiro atoms. The van der Waals surface area contributed by atoms with Crippen LogP contribution >= 0.6 is 0 Å². The van der Waals surface area contributed by atoms with Gasteiger partial charge in [0.1, 0.15) is 5.78 Å². The van der Waals surface area contributed by atoms with Crippen LogP contribution in [0.25, 0.3) is 22.3 Å². The number of ether oxygens (including phenoxy) is 1. The predicted molar refractivity (Wildman–Crippen MR) is 151 cm³/mol. The third-order valence-electron chi connectivity index (χ3n) is 8.33. The molecule has 3 aliphatic rings. The van der Waals surface area contributed by atoms with Crippen molar-refractivity contribution in [3.63, 3.8) is 0 Å². The van der Waals surface area contributed by atoms with E-state index < -0.39 is 0 Å². The third-order valence-corrected chi connectivity index (χ3v) is 8.33. The number of nitrogens with one attached hydrogen (secondary N) is 2. The Kier molecular flexibility index (Phi) is 6.05. The number of carbonyl (C=O) groups excluding carboxylic acids is 2. The second kappa shape index (κ2) is 9.76. The van der Waals surface area contributed by atoms with E-state index in [4.69, 9.17) is 14.7 Å². The molecule has 1 aliphatic heterocycles. The summed E-state index contributed by atoms with van der Waals surface area (Å²) in [6, 6.07) is 9.88. The van der Waals surface area contributed by atoms with Crippen molar-refractivity contribution in [1.29, 1.82) is 0 Å². The van der Waals surface area contributed by atoms with Crippen molar-refractivity contribution in [3.8, 4) is 17.1 Å². The quantitative estimate of drug-likeness (QED) is 0.387. The fraction of sp³-hybridized carbons (Fsp3) is 0.433. The highest BCUT2D eigenvalue weighted by Crippen LogP contribution is 2.41. The minimum atomic E-state index is -0.237. The van der Waals surface area contributed by atoms with Crippen LogP contribution in [0.5, 0.6) is 5.88 Å². The normalized spacial score (nSPS) is 20.0. The summed E-state index contributed by atoms with van der Waals surface area (Å²) < 4.78 is 10.1. The van der Waals surface area contributed by atoms with Gasteiger partial charge in [0.25, 0.3) is 5.91 Å². The SMILES string of the molecule is Cc1cc2cc(n1)-c1cnn(C)c1OCCC[C@@H](C1CC1)Cn1c(nc3cc(NC4CC(=O)C4)ccc31)NC2=O. The van der Waals surface area contributed by atoms with Gasteiger partial charge >= 0.3 is 0 Å². The number of ketones is 1. The van der Waals surface area contributed by atoms with Gasteiger partial charge in [-0.2, -0.15) is 5.10 Å². The maximum atomic E-state index is 13.7. The molecule has 2 bridgehead atoms. The molecule has 2 saturated carbocycles. The molecule has 1 atom stereocenters. The lowest BCUT2D eigenvalue weighted by Gasteiger charge is -2.26. The Morgan fingerprint density at radius 1 is 1.05 bits per heavy atom. The number of nitrogens with zero attached hydrogens (tertiary/aromatic N) is 5. The summed E-state index contributed by atoms with van der Waals surface area (Å²) in [6.45, 7) is 3.24. The number of pyridine rings is 1. The predicted octanol–water partition coefficient (Wildman–Crippen LogP) is 4.73. The van der Waals surface area contributed by atoms with Crippen molar-refractivity contribution in [2.24, 2.45) is 18.9 Å². The van der Waals surface area contributed by atoms with Crippen molar-refractivity contribution >= 4 is 34.4 Å². The summed E-state index contributed by atoms with van der Waals surface area (Å²) in [5.41, 5.74) is 5.40. The fourth-order valence-corrected chi connectivity index (χ4v) is 6.00. The Morgan fingerprint density at radius 3 is 2.70 bits per heavy atom. The third kappa shape index (κ3) is 4.71. The van der Waals surface area contributed by atoms with E-state index in [0.717, 1.165) is 47.4 Å². The molecule has 4 heterocycles. The molecule has 206 valence electrons. The van der Waals surface area contributed by atoms with Gasteiger partial charge in [0.05, 0.1) is 35.1 Å². The van der Waals surface area contributed by atoms with E-state index in [-0.39, 0.29) is 11.9 Å². The lowest BCUT2D eigenvalue weighted by Crippen LogP contribution is -2.35. The first kappa shape index (κ1) is 24.8. The van der Waals surface area contributed by atoms with Crippen molar-refractivity contribution in [2.45, 2.75) is 58.0 Å². The maximum absolute atomic E-state index is 13.7. The topological polar surface area (TPSA) is 116 Å². The summed E-state index contributed by atoms with van der Waals surface area (Å²) >= 11 is 0. The van der Waals surface area contributed by atoms with Crippen LogP contribution in [0, 0.1) is 18.8 Å². The van der Waals surface area contributed by atoms with E-state index in [9.17, 15) is 9.59 Å². The number of aromatic nitrogens is 5. The van der Waals surface area contributed by atoms with Crippen LogP contribution < -0.4 is 15.4 Å². The van der Waals surface area contributed by atoms with Crippen LogP contribution in [0.4, 0.5) is 11.6 Å². The van der Waals surface area contributed by atoms with Crippen molar-refractivity contribution < 1.29 is 14.3 Å². The second-order valence-electron chi connectivity index (χ2n) is 11.4. The highest BCUT2D eigenvalue weighted by molar-refractivity contribution is 6.05. The molecular weight excluding hydrogens is 506 g/mol. The molecule has 7 rings (SSSR count). The number of imidazole rings is 1. The van der Waals surface area contributed by atoms with Gasteiger partial charge in [-0.3, -0.25) is 19.9 Å². The zero-order valence-electron chi connectivity index (χ0n) is 22.8. The summed E-state index contributed by atoms with van der Waals surface area (Å²) in [4.78, 5) is 34.7. The number of hydrogen-bond donors (Lipinski definition) is 2. The molecule has 0 saturated heterocycles. The van der Waals surface area contributed by atoms with Gasteiger partial charge in [-0.05, 0) is 74.8 Å². The zero-order chi connectivity index (χ0) is 27.4. The van der Waals surface area contributed by atoms with E-state index in [1.165, 1.54) is 12.8 Å². The van der Waals surface area contributed by atoms with Crippen LogP contribution in [0.15, 0.2) is 36.5 Å². The summed E-state index contributed by atoms with van der Waals surface area (Å²) in [5, 5.41) is 11.0. The van der Waals surface area contributed by atoms with E-state index in [0.29, 0.717) is 60.2 Å². The molecule has 2 N–H and O–H groups in total. The minimum absolute atomic E-state index is 0.177. The van der Waals surface area contributed by atoms with Crippen LogP contribution in [0.1, 0.15) is 54.6 Å². The Morgan fingerprint density at radius 2 is 1.90 bits per heavy atom. The first-order valence-electron chi connectivity index (χ1n) is 14.1. The highest BCUT2D eigenvalue weighted by atomic mass is 16.5. The Labute approximate surface area is 232 Å². The van der Waals surface area contributed by atoms with E-state index in [2.05, 4.69) is 26.4 Å². The summed E-state index contributed by atoms with van der Waals surface area (Å²) in [6.07, 6.45) is 7.27. The van der Waals surface area contributed by atoms with Gasteiger partial charge in [0, 0.05) is 49.4 Å². The van der Waals surface area contributed by atoms with E-state index in [1.54, 1.807) is 23.0 Å². The number of amides is 1. The van der Waals surface area contributed by atoms with Gasteiger partial charge in [-0.1, -0.05) is 0 Å². The molecule has 1 aromatic carbocycles. The molecule has 0 radical (unpaired) electrons. The van der Waals surface area contributed by atoms with Gasteiger partial charge in [-0.15, -0.1) is 0 Å². The number of anilines is 2. The smallest absolute Gasteiger partial charge is 0.258 e. The average Bonchev–Trinajstić information content (AvgIpc) is 3.61. The zero-order valence-corrected chi connectivity index (χ0v) is 22.8. The molecule has 4 aromatic rings.